The van der Waals surface area contributed by atoms with Crippen LogP contribution in [0.1, 0.15) is 0 Å². The molecule has 0 radical (unpaired) electrons. The zero-order valence-corrected chi connectivity index (χ0v) is 10.5. The van der Waals surface area contributed by atoms with E-state index >= 15 is 0 Å². The summed E-state index contributed by atoms with van der Waals surface area (Å²) in [5, 5.41) is 32.9. The third-order valence-electron chi connectivity index (χ3n) is 3.20. The SMILES string of the molecule is O=S1(=O)CCNc2c1c(O)c1c(O)cccc1c2O. The minimum Gasteiger partial charge on any atom is -0.507 e. The lowest BCUT2D eigenvalue weighted by Crippen LogP contribution is -2.23. The minimum atomic E-state index is -3.69. The van der Waals surface area contributed by atoms with Crippen molar-refractivity contribution in [3.63, 3.8) is 0 Å². The summed E-state index contributed by atoms with van der Waals surface area (Å²) in [6, 6.07) is 4.31. The Labute approximate surface area is 108 Å². The van der Waals surface area contributed by atoms with Crippen molar-refractivity contribution < 1.29 is 23.7 Å². The summed E-state index contributed by atoms with van der Waals surface area (Å²) in [5.74, 6) is -1.28. The summed E-state index contributed by atoms with van der Waals surface area (Å²) >= 11 is 0. The zero-order valence-electron chi connectivity index (χ0n) is 9.71. The molecular formula is C12H11NO5S. The number of fused-ring (bicyclic) bond motifs is 2. The fourth-order valence-electron chi connectivity index (χ4n) is 2.34. The standard InChI is InChI=1S/C12H11NO5S/c14-7-3-1-2-6-8(7)11(16)12-9(10(6)15)13-4-5-19(12,17)18/h1-3,13-16H,4-5H2. The van der Waals surface area contributed by atoms with Crippen molar-refractivity contribution in [3.8, 4) is 17.2 Å². The van der Waals surface area contributed by atoms with Crippen LogP contribution in [-0.4, -0.2) is 36.0 Å². The molecule has 0 unspecified atom stereocenters. The Hall–Kier alpha value is -2.15. The van der Waals surface area contributed by atoms with Crippen molar-refractivity contribution in [1.82, 2.24) is 0 Å². The van der Waals surface area contributed by atoms with Gasteiger partial charge in [-0.25, -0.2) is 8.42 Å². The van der Waals surface area contributed by atoms with Crippen molar-refractivity contribution in [3.05, 3.63) is 18.2 Å². The Morgan fingerprint density at radius 2 is 1.84 bits per heavy atom. The number of hydrogen-bond donors (Lipinski definition) is 4. The second kappa shape index (κ2) is 3.67. The van der Waals surface area contributed by atoms with Crippen molar-refractivity contribution in [2.24, 2.45) is 0 Å². The predicted octanol–water partition coefficient (Wildman–Crippen LogP) is 1.16. The van der Waals surface area contributed by atoms with Crippen LogP contribution in [0.4, 0.5) is 5.69 Å². The number of aromatic hydroxyl groups is 3. The fourth-order valence-corrected chi connectivity index (χ4v) is 3.79. The molecule has 100 valence electrons. The summed E-state index contributed by atoms with van der Waals surface area (Å²) in [7, 11) is -3.69. The molecule has 0 saturated heterocycles. The van der Waals surface area contributed by atoms with Gasteiger partial charge in [-0.3, -0.25) is 0 Å². The fraction of sp³-hybridized carbons (Fsp3) is 0.167. The van der Waals surface area contributed by atoms with Crippen LogP contribution in [-0.2, 0) is 9.84 Å². The number of nitrogens with one attached hydrogen (secondary N) is 1. The van der Waals surface area contributed by atoms with Crippen LogP contribution in [0.25, 0.3) is 10.8 Å². The van der Waals surface area contributed by atoms with Gasteiger partial charge in [-0.1, -0.05) is 12.1 Å². The summed E-state index contributed by atoms with van der Waals surface area (Å²) < 4.78 is 24.0. The zero-order chi connectivity index (χ0) is 13.8. The summed E-state index contributed by atoms with van der Waals surface area (Å²) in [4.78, 5) is -0.356. The molecule has 0 spiro atoms. The second-order valence-electron chi connectivity index (χ2n) is 4.35. The smallest absolute Gasteiger partial charge is 0.185 e. The van der Waals surface area contributed by atoms with E-state index in [9.17, 15) is 23.7 Å². The second-order valence-corrected chi connectivity index (χ2v) is 6.39. The van der Waals surface area contributed by atoms with Gasteiger partial charge in [-0.15, -0.1) is 0 Å². The molecule has 4 N–H and O–H groups in total. The maximum absolute atomic E-state index is 12.0. The lowest BCUT2D eigenvalue weighted by Gasteiger charge is -2.22. The highest BCUT2D eigenvalue weighted by molar-refractivity contribution is 7.91. The lowest BCUT2D eigenvalue weighted by atomic mass is 10.1. The summed E-state index contributed by atoms with van der Waals surface area (Å²) in [6.45, 7) is 0.159. The van der Waals surface area contributed by atoms with E-state index < -0.39 is 15.6 Å². The van der Waals surface area contributed by atoms with Crippen molar-refractivity contribution in [1.29, 1.82) is 0 Å². The number of sulfone groups is 1. The van der Waals surface area contributed by atoms with Crippen LogP contribution < -0.4 is 5.32 Å². The first-order valence-corrected chi connectivity index (χ1v) is 7.25. The quantitative estimate of drug-likeness (QED) is 0.426. The molecule has 3 rings (SSSR count). The van der Waals surface area contributed by atoms with Crippen molar-refractivity contribution >= 4 is 26.3 Å². The minimum absolute atomic E-state index is 0.0122. The number of anilines is 1. The number of phenols is 3. The van der Waals surface area contributed by atoms with Gasteiger partial charge in [0.15, 0.2) is 9.84 Å². The summed E-state index contributed by atoms with van der Waals surface area (Å²) in [5.41, 5.74) is -0.0122. The number of benzene rings is 2. The van der Waals surface area contributed by atoms with Gasteiger partial charge in [0.05, 0.1) is 16.8 Å². The molecule has 1 aliphatic rings. The summed E-state index contributed by atoms with van der Waals surface area (Å²) in [6.07, 6.45) is 0. The van der Waals surface area contributed by atoms with Gasteiger partial charge in [0, 0.05) is 11.9 Å². The van der Waals surface area contributed by atoms with E-state index in [4.69, 9.17) is 0 Å². The van der Waals surface area contributed by atoms with Gasteiger partial charge in [0.25, 0.3) is 0 Å². The molecule has 0 aromatic heterocycles. The molecule has 19 heavy (non-hydrogen) atoms. The molecule has 1 aliphatic heterocycles. The molecule has 0 bridgehead atoms. The highest BCUT2D eigenvalue weighted by atomic mass is 32.2. The highest BCUT2D eigenvalue weighted by Gasteiger charge is 2.32. The van der Waals surface area contributed by atoms with Crippen LogP contribution in [0.5, 0.6) is 17.2 Å². The maximum Gasteiger partial charge on any atom is 0.185 e. The van der Waals surface area contributed by atoms with Gasteiger partial charge in [-0.2, -0.15) is 0 Å². The average Bonchev–Trinajstić information content (AvgIpc) is 2.34. The highest BCUT2D eigenvalue weighted by Crippen LogP contribution is 2.49. The first-order chi connectivity index (χ1) is 8.93. The molecule has 0 aliphatic carbocycles. The molecule has 0 saturated carbocycles. The Morgan fingerprint density at radius 3 is 2.58 bits per heavy atom. The molecule has 0 fully saturated rings. The molecule has 1 heterocycles. The third kappa shape index (κ3) is 1.51. The van der Waals surface area contributed by atoms with Gasteiger partial charge < -0.3 is 20.6 Å². The topological polar surface area (TPSA) is 107 Å². The number of phenolic OH excluding ortho intramolecular Hbond substituents is 3. The van der Waals surface area contributed by atoms with Gasteiger partial charge in [0.2, 0.25) is 0 Å². The van der Waals surface area contributed by atoms with E-state index in [0.29, 0.717) is 0 Å². The molecule has 2 aromatic carbocycles. The normalized spacial score (nSPS) is 16.8. The van der Waals surface area contributed by atoms with Crippen LogP contribution in [0, 0.1) is 0 Å². The van der Waals surface area contributed by atoms with E-state index in [0.717, 1.165) is 0 Å². The molecule has 6 nitrogen and oxygen atoms in total. The van der Waals surface area contributed by atoms with Crippen molar-refractivity contribution in [2.75, 3.05) is 17.6 Å². The van der Waals surface area contributed by atoms with Crippen LogP contribution in [0.2, 0.25) is 0 Å². The monoisotopic (exact) mass is 281 g/mol. The Morgan fingerprint density at radius 1 is 1.11 bits per heavy atom. The van der Waals surface area contributed by atoms with Gasteiger partial charge in [0.1, 0.15) is 22.1 Å². The number of hydrogen-bond acceptors (Lipinski definition) is 6. The van der Waals surface area contributed by atoms with E-state index in [-0.39, 0.29) is 45.2 Å². The molecule has 2 aromatic rings. The molecule has 7 heteroatoms. The van der Waals surface area contributed by atoms with E-state index in [1.807, 2.05) is 0 Å². The van der Waals surface area contributed by atoms with Crippen LogP contribution in [0.3, 0.4) is 0 Å². The Kier molecular flexibility index (Phi) is 2.30. The van der Waals surface area contributed by atoms with E-state index in [2.05, 4.69) is 5.32 Å². The van der Waals surface area contributed by atoms with Gasteiger partial charge in [-0.05, 0) is 6.07 Å². The Balaban J connectivity index is 2.59. The molecule has 0 amide bonds. The van der Waals surface area contributed by atoms with Crippen LogP contribution in [0.15, 0.2) is 23.1 Å². The number of rotatable bonds is 0. The lowest BCUT2D eigenvalue weighted by molar-refractivity contribution is 0.446. The third-order valence-corrected chi connectivity index (χ3v) is 4.96. The van der Waals surface area contributed by atoms with E-state index in [1.54, 1.807) is 0 Å². The average molecular weight is 281 g/mol. The molecule has 0 atom stereocenters. The predicted molar refractivity (Wildman–Crippen MR) is 69.5 cm³/mol. The Bertz CT molecular complexity index is 798. The maximum atomic E-state index is 12.0. The first kappa shape index (κ1) is 11.9. The molecular weight excluding hydrogens is 270 g/mol. The van der Waals surface area contributed by atoms with Gasteiger partial charge >= 0.3 is 0 Å². The van der Waals surface area contributed by atoms with Crippen molar-refractivity contribution in [2.45, 2.75) is 4.90 Å². The van der Waals surface area contributed by atoms with E-state index in [1.165, 1.54) is 18.2 Å². The van der Waals surface area contributed by atoms with Crippen LogP contribution >= 0.6 is 0 Å². The largest absolute Gasteiger partial charge is 0.507 e. The first-order valence-electron chi connectivity index (χ1n) is 5.59.